The van der Waals surface area contributed by atoms with Gasteiger partial charge in [-0.15, -0.1) is 0 Å². The summed E-state index contributed by atoms with van der Waals surface area (Å²) in [5, 5.41) is 11.8. The van der Waals surface area contributed by atoms with E-state index in [2.05, 4.69) is 26.3 Å². The quantitative estimate of drug-likeness (QED) is 0.683. The third-order valence-corrected chi connectivity index (χ3v) is 4.52. The first-order valence-corrected chi connectivity index (χ1v) is 8.54. The molecule has 1 saturated heterocycles. The maximum absolute atomic E-state index is 12.1. The lowest BCUT2D eigenvalue weighted by molar-refractivity contribution is -0.125. The van der Waals surface area contributed by atoms with Gasteiger partial charge >= 0.3 is 6.03 Å². The highest BCUT2D eigenvalue weighted by Crippen LogP contribution is 2.28. The van der Waals surface area contributed by atoms with Crippen LogP contribution in [0.25, 0.3) is 5.70 Å². The van der Waals surface area contributed by atoms with Crippen LogP contribution in [0.4, 0.5) is 16.3 Å². The number of amides is 3. The van der Waals surface area contributed by atoms with Gasteiger partial charge in [-0.2, -0.15) is 0 Å². The maximum Gasteiger partial charge on any atom is 0.324 e. The molecule has 3 heterocycles. The number of urea groups is 1. The number of nitrogens with zero attached hydrogens (tertiary/aromatic N) is 1. The number of piperidine rings is 1. The molecular formula is C19H19N5O2. The van der Waals surface area contributed by atoms with E-state index in [1.165, 1.54) is 0 Å². The fourth-order valence-corrected chi connectivity index (χ4v) is 3.26. The number of hydrogen-bond donors (Lipinski definition) is 4. The first kappa shape index (κ1) is 16.1. The minimum Gasteiger partial charge on any atom is -0.381 e. The zero-order valence-electron chi connectivity index (χ0n) is 14.0. The van der Waals surface area contributed by atoms with Gasteiger partial charge in [-0.05, 0) is 36.8 Å². The van der Waals surface area contributed by atoms with Gasteiger partial charge in [0.1, 0.15) is 5.82 Å². The molecule has 7 nitrogen and oxygen atoms in total. The predicted molar refractivity (Wildman–Crippen MR) is 99.3 cm³/mol. The van der Waals surface area contributed by atoms with Gasteiger partial charge in [-0.25, -0.2) is 9.78 Å². The molecule has 4 rings (SSSR count). The van der Waals surface area contributed by atoms with Crippen molar-refractivity contribution in [2.75, 3.05) is 17.2 Å². The van der Waals surface area contributed by atoms with Crippen molar-refractivity contribution in [3.63, 3.8) is 0 Å². The molecule has 2 unspecified atom stereocenters. The fraction of sp³-hybridized carbons (Fsp3) is 0.211. The Bertz CT molecular complexity index is 865. The van der Waals surface area contributed by atoms with E-state index in [1.807, 2.05) is 42.5 Å². The van der Waals surface area contributed by atoms with Gasteiger partial charge in [0.15, 0.2) is 0 Å². The number of hydrogen-bond acceptors (Lipinski definition) is 4. The Morgan fingerprint density at radius 3 is 2.81 bits per heavy atom. The lowest BCUT2D eigenvalue weighted by Gasteiger charge is -2.25. The zero-order valence-corrected chi connectivity index (χ0v) is 14.0. The molecule has 132 valence electrons. The SMILES string of the molecule is O=C(Nc1ccccc1)Nc1cc(C2=CC3C(=O)NCCC3N2)ccn1. The van der Waals surface area contributed by atoms with Crippen LogP contribution in [0.3, 0.4) is 0 Å². The summed E-state index contributed by atoms with van der Waals surface area (Å²) in [7, 11) is 0. The Balaban J connectivity index is 1.46. The summed E-state index contributed by atoms with van der Waals surface area (Å²) in [6, 6.07) is 12.6. The third-order valence-electron chi connectivity index (χ3n) is 4.52. The monoisotopic (exact) mass is 349 g/mol. The van der Waals surface area contributed by atoms with Crippen molar-refractivity contribution in [1.29, 1.82) is 0 Å². The second-order valence-electron chi connectivity index (χ2n) is 6.31. The molecule has 0 bridgehead atoms. The lowest BCUT2D eigenvalue weighted by atomic mass is 9.95. The Kier molecular flexibility index (Phi) is 4.27. The van der Waals surface area contributed by atoms with Gasteiger partial charge < -0.3 is 16.0 Å². The van der Waals surface area contributed by atoms with Crippen molar-refractivity contribution in [2.45, 2.75) is 12.5 Å². The van der Waals surface area contributed by atoms with Crippen LogP contribution in [0, 0.1) is 5.92 Å². The molecule has 2 aliphatic rings. The molecule has 2 aromatic rings. The number of aromatic nitrogens is 1. The number of para-hydroxylation sites is 1. The van der Waals surface area contributed by atoms with Crippen molar-refractivity contribution in [2.24, 2.45) is 5.92 Å². The standard InChI is InChI=1S/C19H19N5O2/c25-18-14-11-16(23-15(14)7-9-21-18)12-6-8-20-17(10-12)24-19(26)22-13-4-2-1-3-5-13/h1-6,8,10-11,14-15,23H,7,9H2,(H,21,25)(H2,20,22,24,26). The first-order chi connectivity index (χ1) is 12.7. The summed E-state index contributed by atoms with van der Waals surface area (Å²) in [6.07, 6.45) is 4.48. The molecule has 3 amide bonds. The molecular weight excluding hydrogens is 330 g/mol. The van der Waals surface area contributed by atoms with E-state index in [0.29, 0.717) is 18.1 Å². The van der Waals surface area contributed by atoms with Crippen LogP contribution in [0.1, 0.15) is 12.0 Å². The Hall–Kier alpha value is -3.35. The number of benzene rings is 1. The molecule has 0 saturated carbocycles. The molecule has 0 spiro atoms. The highest BCUT2D eigenvalue weighted by molar-refractivity contribution is 5.99. The average molecular weight is 349 g/mol. The largest absolute Gasteiger partial charge is 0.381 e. The number of carbonyl (C=O) groups excluding carboxylic acids is 2. The minimum atomic E-state index is -0.359. The molecule has 7 heteroatoms. The fourth-order valence-electron chi connectivity index (χ4n) is 3.26. The Morgan fingerprint density at radius 1 is 1.15 bits per heavy atom. The molecule has 1 aromatic heterocycles. The van der Waals surface area contributed by atoms with Crippen LogP contribution in [-0.4, -0.2) is 29.5 Å². The summed E-state index contributed by atoms with van der Waals surface area (Å²) < 4.78 is 0. The van der Waals surface area contributed by atoms with Crippen molar-refractivity contribution in [1.82, 2.24) is 15.6 Å². The predicted octanol–water partition coefficient (Wildman–Crippen LogP) is 2.17. The van der Waals surface area contributed by atoms with Crippen LogP contribution >= 0.6 is 0 Å². The van der Waals surface area contributed by atoms with Crippen molar-refractivity contribution in [3.8, 4) is 0 Å². The second-order valence-corrected chi connectivity index (χ2v) is 6.31. The summed E-state index contributed by atoms with van der Waals surface area (Å²) in [5.74, 6) is 0.348. The van der Waals surface area contributed by atoms with E-state index in [4.69, 9.17) is 0 Å². The van der Waals surface area contributed by atoms with E-state index in [-0.39, 0.29) is 23.9 Å². The van der Waals surface area contributed by atoms with Crippen molar-refractivity contribution < 1.29 is 9.59 Å². The van der Waals surface area contributed by atoms with Crippen molar-refractivity contribution >= 4 is 29.1 Å². The first-order valence-electron chi connectivity index (χ1n) is 8.54. The molecule has 2 atom stereocenters. The van der Waals surface area contributed by atoms with Gasteiger partial charge in [0.2, 0.25) is 5.91 Å². The van der Waals surface area contributed by atoms with E-state index in [0.717, 1.165) is 17.7 Å². The molecule has 2 aliphatic heterocycles. The van der Waals surface area contributed by atoms with Gasteiger partial charge in [-0.3, -0.25) is 10.1 Å². The number of rotatable bonds is 3. The number of pyridine rings is 1. The highest BCUT2D eigenvalue weighted by Gasteiger charge is 2.35. The minimum absolute atomic E-state index is 0.0541. The number of fused-ring (bicyclic) bond motifs is 1. The highest BCUT2D eigenvalue weighted by atomic mass is 16.2. The van der Waals surface area contributed by atoms with Crippen molar-refractivity contribution in [3.05, 3.63) is 60.3 Å². The van der Waals surface area contributed by atoms with Crippen LogP contribution in [-0.2, 0) is 4.79 Å². The molecule has 1 fully saturated rings. The summed E-state index contributed by atoms with van der Waals surface area (Å²) >= 11 is 0. The number of carbonyl (C=O) groups is 2. The van der Waals surface area contributed by atoms with E-state index < -0.39 is 0 Å². The van der Waals surface area contributed by atoms with Gasteiger partial charge in [0.05, 0.1) is 5.92 Å². The summed E-state index contributed by atoms with van der Waals surface area (Å²) in [5.41, 5.74) is 2.49. The molecule has 0 radical (unpaired) electrons. The van der Waals surface area contributed by atoms with Gasteiger partial charge in [-0.1, -0.05) is 18.2 Å². The Morgan fingerprint density at radius 2 is 2.00 bits per heavy atom. The number of nitrogens with one attached hydrogen (secondary N) is 4. The van der Waals surface area contributed by atoms with Gasteiger partial charge in [0.25, 0.3) is 0 Å². The van der Waals surface area contributed by atoms with E-state index in [1.54, 1.807) is 12.3 Å². The number of anilines is 2. The molecule has 1 aromatic carbocycles. The lowest BCUT2D eigenvalue weighted by Crippen LogP contribution is -2.46. The van der Waals surface area contributed by atoms with E-state index >= 15 is 0 Å². The van der Waals surface area contributed by atoms with Gasteiger partial charge in [0, 0.05) is 35.7 Å². The second kappa shape index (κ2) is 6.87. The normalized spacial score (nSPS) is 21.1. The molecule has 26 heavy (non-hydrogen) atoms. The smallest absolute Gasteiger partial charge is 0.324 e. The molecule has 4 N–H and O–H groups in total. The molecule has 0 aliphatic carbocycles. The average Bonchev–Trinajstić information content (AvgIpc) is 3.08. The summed E-state index contributed by atoms with van der Waals surface area (Å²) in [6.45, 7) is 0.691. The van der Waals surface area contributed by atoms with Crippen LogP contribution in [0.2, 0.25) is 0 Å². The van der Waals surface area contributed by atoms with E-state index in [9.17, 15) is 9.59 Å². The maximum atomic E-state index is 12.1. The van der Waals surface area contributed by atoms with Crippen LogP contribution < -0.4 is 21.3 Å². The van der Waals surface area contributed by atoms with Crippen LogP contribution in [0.5, 0.6) is 0 Å². The topological polar surface area (TPSA) is 95.2 Å². The Labute approximate surface area is 150 Å². The summed E-state index contributed by atoms with van der Waals surface area (Å²) in [4.78, 5) is 28.3. The third kappa shape index (κ3) is 3.37. The van der Waals surface area contributed by atoms with Crippen LogP contribution in [0.15, 0.2) is 54.7 Å². The zero-order chi connectivity index (χ0) is 17.9.